The van der Waals surface area contributed by atoms with Gasteiger partial charge in [0.1, 0.15) is 5.71 Å². The molecule has 4 heteroatoms. The molecular formula is C11H16F2N2. The van der Waals surface area contributed by atoms with Gasteiger partial charge in [0.25, 0.3) is 5.92 Å². The minimum Gasteiger partial charge on any atom is -0.307 e. The first-order chi connectivity index (χ1) is 6.93. The fourth-order valence-electron chi connectivity index (χ4n) is 1.64. The van der Waals surface area contributed by atoms with E-state index in [9.17, 15) is 8.78 Å². The zero-order valence-corrected chi connectivity index (χ0v) is 9.00. The Labute approximate surface area is 88.6 Å². The molecule has 0 unspecified atom stereocenters. The first kappa shape index (κ1) is 12.0. The Balaban J connectivity index is 2.51. The van der Waals surface area contributed by atoms with Crippen LogP contribution in [0, 0.1) is 17.2 Å². The van der Waals surface area contributed by atoms with Crippen LogP contribution in [0.1, 0.15) is 26.7 Å². The maximum atomic E-state index is 12.8. The molecule has 2 nitrogen and oxygen atoms in total. The van der Waals surface area contributed by atoms with Gasteiger partial charge >= 0.3 is 0 Å². The summed E-state index contributed by atoms with van der Waals surface area (Å²) in [5.41, 5.74) is -0.494. The van der Waals surface area contributed by atoms with E-state index in [1.807, 2.05) is 6.08 Å². The van der Waals surface area contributed by atoms with Crippen LogP contribution in [0.25, 0.3) is 0 Å². The number of nitrogens with one attached hydrogen (secondary N) is 1. The average molecular weight is 214 g/mol. The summed E-state index contributed by atoms with van der Waals surface area (Å²) >= 11 is 0. The summed E-state index contributed by atoms with van der Waals surface area (Å²) < 4.78 is 25.5. The standard InChI is InChI=1S/C11H16F2N2/c1-8-5-9(6-8)3-4-15-10(7-14)11(2,12)13/h3-4,7-9,14H,5-6H2,1-2H3/b4-3+,14-7?,15-10?. The summed E-state index contributed by atoms with van der Waals surface area (Å²) in [6.45, 7) is 2.91. The number of alkyl halides is 2. The third kappa shape index (κ3) is 3.53. The minimum atomic E-state index is -3.03. The van der Waals surface area contributed by atoms with Gasteiger partial charge in [-0.1, -0.05) is 13.0 Å². The predicted octanol–water partition coefficient (Wildman–Crippen LogP) is 3.29. The molecule has 0 aliphatic heterocycles. The molecule has 0 atom stereocenters. The van der Waals surface area contributed by atoms with Gasteiger partial charge in [-0.15, -0.1) is 0 Å². The van der Waals surface area contributed by atoms with E-state index in [1.165, 1.54) is 6.20 Å². The smallest absolute Gasteiger partial charge is 0.288 e. The van der Waals surface area contributed by atoms with Crippen LogP contribution < -0.4 is 0 Å². The Morgan fingerprint density at radius 3 is 2.47 bits per heavy atom. The van der Waals surface area contributed by atoms with E-state index in [4.69, 9.17) is 5.41 Å². The quantitative estimate of drug-likeness (QED) is 0.697. The Kier molecular flexibility index (Phi) is 3.72. The second kappa shape index (κ2) is 4.64. The monoisotopic (exact) mass is 214 g/mol. The first-order valence-electron chi connectivity index (χ1n) is 5.06. The minimum absolute atomic E-state index is 0.473. The molecular weight excluding hydrogens is 198 g/mol. The Hall–Kier alpha value is -1.06. The van der Waals surface area contributed by atoms with Gasteiger partial charge in [-0.05, 0) is 24.7 Å². The van der Waals surface area contributed by atoms with Crippen LogP contribution >= 0.6 is 0 Å². The number of rotatable bonds is 4. The zero-order chi connectivity index (χ0) is 11.5. The van der Waals surface area contributed by atoms with Crippen LogP contribution in [-0.4, -0.2) is 17.8 Å². The van der Waals surface area contributed by atoms with Gasteiger partial charge in [0, 0.05) is 19.3 Å². The predicted molar refractivity (Wildman–Crippen MR) is 57.9 cm³/mol. The number of nitrogens with zero attached hydrogens (tertiary/aromatic N) is 1. The lowest BCUT2D eigenvalue weighted by Gasteiger charge is -2.29. The fraction of sp³-hybridized carbons (Fsp3) is 0.636. The molecule has 0 spiro atoms. The van der Waals surface area contributed by atoms with Crippen molar-refractivity contribution in [1.82, 2.24) is 0 Å². The highest BCUT2D eigenvalue weighted by Crippen LogP contribution is 2.33. The Morgan fingerprint density at radius 1 is 1.47 bits per heavy atom. The molecule has 0 aromatic carbocycles. The van der Waals surface area contributed by atoms with Crippen molar-refractivity contribution in [3.63, 3.8) is 0 Å². The average Bonchev–Trinajstić information content (AvgIpc) is 2.06. The van der Waals surface area contributed by atoms with Gasteiger partial charge in [0.15, 0.2) is 0 Å². The molecule has 0 aromatic rings. The van der Waals surface area contributed by atoms with Gasteiger partial charge in [-0.25, -0.2) is 0 Å². The van der Waals surface area contributed by atoms with Crippen molar-refractivity contribution < 1.29 is 8.78 Å². The first-order valence-corrected chi connectivity index (χ1v) is 5.06. The van der Waals surface area contributed by atoms with Crippen molar-refractivity contribution in [3.8, 4) is 0 Å². The second-order valence-corrected chi connectivity index (χ2v) is 4.23. The van der Waals surface area contributed by atoms with Crippen molar-refractivity contribution in [2.75, 3.05) is 0 Å². The van der Waals surface area contributed by atoms with Crippen LogP contribution in [0.5, 0.6) is 0 Å². The topological polar surface area (TPSA) is 36.2 Å². The van der Waals surface area contributed by atoms with Gasteiger partial charge in [-0.2, -0.15) is 8.78 Å². The number of hydrogen-bond donors (Lipinski definition) is 1. The van der Waals surface area contributed by atoms with Crippen molar-refractivity contribution in [1.29, 1.82) is 5.41 Å². The highest BCUT2D eigenvalue weighted by atomic mass is 19.3. The lowest BCUT2D eigenvalue weighted by Crippen LogP contribution is -2.25. The summed E-state index contributed by atoms with van der Waals surface area (Å²) in [6, 6.07) is 0. The highest BCUT2D eigenvalue weighted by molar-refractivity contribution is 6.32. The third-order valence-electron chi connectivity index (χ3n) is 2.57. The molecule has 1 N–H and O–H groups in total. The summed E-state index contributed by atoms with van der Waals surface area (Å²) in [7, 11) is 0. The SMILES string of the molecule is CC1CC(/C=C/N=C(C=N)C(C)(F)F)C1. The molecule has 1 fully saturated rings. The molecule has 0 radical (unpaired) electrons. The molecule has 1 saturated carbocycles. The third-order valence-corrected chi connectivity index (χ3v) is 2.57. The maximum Gasteiger partial charge on any atom is 0.288 e. The Bertz CT molecular complexity index is 283. The van der Waals surface area contributed by atoms with Crippen LogP contribution in [0.3, 0.4) is 0 Å². The summed E-state index contributed by atoms with van der Waals surface area (Å²) in [5, 5.41) is 6.82. The molecule has 1 rings (SSSR count). The largest absolute Gasteiger partial charge is 0.307 e. The van der Waals surface area contributed by atoms with Crippen molar-refractivity contribution in [2.24, 2.45) is 16.8 Å². The lowest BCUT2D eigenvalue weighted by atomic mass is 9.76. The van der Waals surface area contributed by atoms with Crippen molar-refractivity contribution in [2.45, 2.75) is 32.6 Å². The molecule has 84 valence electrons. The molecule has 0 saturated heterocycles. The second-order valence-electron chi connectivity index (χ2n) is 4.23. The van der Waals surface area contributed by atoms with E-state index in [1.54, 1.807) is 0 Å². The molecule has 0 amide bonds. The molecule has 0 aromatic heterocycles. The van der Waals surface area contributed by atoms with Gasteiger partial charge in [-0.3, -0.25) is 4.99 Å². The van der Waals surface area contributed by atoms with E-state index in [0.717, 1.165) is 25.7 Å². The van der Waals surface area contributed by atoms with Crippen LogP contribution in [-0.2, 0) is 0 Å². The number of allylic oxidation sites excluding steroid dienone is 1. The maximum absolute atomic E-state index is 12.8. The van der Waals surface area contributed by atoms with Crippen LogP contribution in [0.15, 0.2) is 17.3 Å². The van der Waals surface area contributed by atoms with E-state index in [0.29, 0.717) is 12.1 Å². The normalized spacial score (nSPS) is 27.9. The van der Waals surface area contributed by atoms with E-state index in [2.05, 4.69) is 11.9 Å². The fourth-order valence-corrected chi connectivity index (χ4v) is 1.64. The van der Waals surface area contributed by atoms with E-state index < -0.39 is 11.6 Å². The lowest BCUT2D eigenvalue weighted by molar-refractivity contribution is 0.103. The van der Waals surface area contributed by atoms with Gasteiger partial charge < -0.3 is 5.41 Å². The summed E-state index contributed by atoms with van der Waals surface area (Å²) in [5.74, 6) is -1.82. The zero-order valence-electron chi connectivity index (χ0n) is 9.00. The van der Waals surface area contributed by atoms with Crippen LogP contribution in [0.2, 0.25) is 0 Å². The number of halogens is 2. The summed E-state index contributed by atoms with van der Waals surface area (Å²) in [6.07, 6.45) is 6.06. The van der Waals surface area contributed by atoms with Crippen molar-refractivity contribution in [3.05, 3.63) is 12.3 Å². The van der Waals surface area contributed by atoms with Crippen molar-refractivity contribution >= 4 is 11.9 Å². The van der Waals surface area contributed by atoms with Gasteiger partial charge in [0.05, 0.1) is 0 Å². The number of aliphatic imine (C=N–C) groups is 1. The molecule has 15 heavy (non-hydrogen) atoms. The number of hydrogen-bond acceptors (Lipinski definition) is 2. The molecule has 0 bridgehead atoms. The van der Waals surface area contributed by atoms with Gasteiger partial charge in [0.2, 0.25) is 0 Å². The summed E-state index contributed by atoms with van der Waals surface area (Å²) in [4.78, 5) is 3.60. The van der Waals surface area contributed by atoms with E-state index >= 15 is 0 Å². The van der Waals surface area contributed by atoms with E-state index in [-0.39, 0.29) is 0 Å². The Morgan fingerprint density at radius 2 is 2.07 bits per heavy atom. The molecule has 1 aliphatic carbocycles. The molecule has 1 aliphatic rings. The highest BCUT2D eigenvalue weighted by Gasteiger charge is 2.27. The molecule has 0 heterocycles. The van der Waals surface area contributed by atoms with Crippen LogP contribution in [0.4, 0.5) is 8.78 Å².